The fourth-order valence-corrected chi connectivity index (χ4v) is 5.85. The van der Waals surface area contributed by atoms with Crippen LogP contribution in [0.15, 0.2) is 42.5 Å². The second-order valence-electron chi connectivity index (χ2n) is 13.0. The van der Waals surface area contributed by atoms with Crippen molar-refractivity contribution in [3.63, 3.8) is 0 Å². The van der Waals surface area contributed by atoms with E-state index in [9.17, 15) is 13.6 Å². The molecule has 1 aliphatic rings. The highest BCUT2D eigenvalue weighted by atomic mass is 28.4. The summed E-state index contributed by atoms with van der Waals surface area (Å²) in [7, 11) is -2.01. The standard InChI is InChI=1S/C31H45F2NO4Si/c1-30(2,3)37-29(35)34-21-27(38-39(7,8)31(4,5)6)20-26(34)17-18-36-28-16-15-25(33)19-23(28)12-9-22-10-13-24(32)14-11-22/h10-11,13-16,19,26-27H,9,12,17-18,20-21H2,1-8H3/t26-,27-/m1/s1. The highest BCUT2D eigenvalue weighted by Crippen LogP contribution is 2.39. The summed E-state index contributed by atoms with van der Waals surface area (Å²) in [5, 5.41) is 0.0673. The number of carbonyl (C=O) groups is 1. The Morgan fingerprint density at radius 1 is 0.974 bits per heavy atom. The fourth-order valence-electron chi connectivity index (χ4n) is 4.49. The fraction of sp³-hybridized carbons (Fsp3) is 0.581. The lowest BCUT2D eigenvalue weighted by molar-refractivity contribution is 0.0196. The first-order chi connectivity index (χ1) is 18.0. The summed E-state index contributed by atoms with van der Waals surface area (Å²) in [5.74, 6) is 0.0150. The molecule has 0 unspecified atom stereocenters. The highest BCUT2D eigenvalue weighted by Gasteiger charge is 2.44. The summed E-state index contributed by atoms with van der Waals surface area (Å²) >= 11 is 0. The SMILES string of the molecule is CC(C)(C)OC(=O)N1C[C@H](O[Si](C)(C)C(C)(C)C)C[C@H]1CCOc1ccc(F)cc1CCc1ccc(F)cc1. The molecule has 0 spiro atoms. The van der Waals surface area contributed by atoms with Crippen molar-refractivity contribution in [2.45, 2.75) is 103 Å². The zero-order chi connectivity index (χ0) is 29.0. The molecule has 1 amide bonds. The number of hydrogen-bond donors (Lipinski definition) is 0. The van der Waals surface area contributed by atoms with Crippen LogP contribution in [0.4, 0.5) is 13.6 Å². The average Bonchev–Trinajstić information content (AvgIpc) is 3.20. The van der Waals surface area contributed by atoms with Crippen molar-refractivity contribution in [2.75, 3.05) is 13.2 Å². The Morgan fingerprint density at radius 3 is 2.23 bits per heavy atom. The molecule has 0 bridgehead atoms. The van der Waals surface area contributed by atoms with Gasteiger partial charge in [-0.25, -0.2) is 13.6 Å². The molecule has 216 valence electrons. The smallest absolute Gasteiger partial charge is 0.410 e. The van der Waals surface area contributed by atoms with E-state index < -0.39 is 13.9 Å². The molecule has 2 aromatic rings. The molecule has 1 aliphatic heterocycles. The number of nitrogens with zero attached hydrogens (tertiary/aromatic N) is 1. The van der Waals surface area contributed by atoms with Crippen LogP contribution in [0.25, 0.3) is 0 Å². The summed E-state index contributed by atoms with van der Waals surface area (Å²) in [5.41, 5.74) is 1.14. The first-order valence-corrected chi connectivity index (χ1v) is 16.8. The van der Waals surface area contributed by atoms with Gasteiger partial charge in [0, 0.05) is 19.0 Å². The normalized spacial score (nSPS) is 18.4. The third kappa shape index (κ3) is 9.03. The van der Waals surface area contributed by atoms with Gasteiger partial charge in [-0.3, -0.25) is 0 Å². The molecule has 1 heterocycles. The number of rotatable bonds is 9. The molecule has 5 nitrogen and oxygen atoms in total. The van der Waals surface area contributed by atoms with Gasteiger partial charge >= 0.3 is 6.09 Å². The quantitative estimate of drug-likeness (QED) is 0.292. The number of amides is 1. The Morgan fingerprint density at radius 2 is 1.62 bits per heavy atom. The van der Waals surface area contributed by atoms with E-state index in [1.54, 1.807) is 23.1 Å². The summed E-state index contributed by atoms with van der Waals surface area (Å²) in [6, 6.07) is 10.8. The minimum atomic E-state index is -2.01. The molecule has 0 saturated carbocycles. The third-order valence-corrected chi connectivity index (χ3v) is 12.1. The maximum absolute atomic E-state index is 14.1. The third-order valence-electron chi connectivity index (χ3n) is 7.60. The summed E-state index contributed by atoms with van der Waals surface area (Å²) in [6.45, 7) is 17.5. The molecule has 0 aliphatic carbocycles. The number of carbonyl (C=O) groups excluding carboxylic acids is 1. The Bertz CT molecular complexity index is 1110. The predicted molar refractivity (Wildman–Crippen MR) is 154 cm³/mol. The molecule has 0 N–H and O–H groups in total. The topological polar surface area (TPSA) is 48.0 Å². The molecule has 0 aromatic heterocycles. The molecule has 0 radical (unpaired) electrons. The number of halogens is 2. The number of ether oxygens (including phenoxy) is 2. The van der Waals surface area contributed by atoms with Crippen LogP contribution in [0.1, 0.15) is 65.5 Å². The van der Waals surface area contributed by atoms with E-state index in [0.717, 1.165) is 17.5 Å². The summed E-state index contributed by atoms with van der Waals surface area (Å²) in [4.78, 5) is 14.9. The number of hydrogen-bond acceptors (Lipinski definition) is 4. The number of benzene rings is 2. The molecule has 8 heteroatoms. The van der Waals surface area contributed by atoms with E-state index in [4.69, 9.17) is 13.9 Å². The van der Waals surface area contributed by atoms with Crippen LogP contribution in [-0.4, -0.2) is 50.2 Å². The number of aryl methyl sites for hydroxylation is 2. The lowest BCUT2D eigenvalue weighted by Gasteiger charge is -2.38. The monoisotopic (exact) mass is 561 g/mol. The van der Waals surface area contributed by atoms with Gasteiger partial charge in [0.25, 0.3) is 0 Å². The molecule has 1 saturated heterocycles. The summed E-state index contributed by atoms with van der Waals surface area (Å²) < 4.78 is 45.8. The van der Waals surface area contributed by atoms with Gasteiger partial charge < -0.3 is 18.8 Å². The zero-order valence-electron chi connectivity index (χ0n) is 24.8. The van der Waals surface area contributed by atoms with Gasteiger partial charge in [-0.2, -0.15) is 0 Å². The van der Waals surface area contributed by atoms with Crippen LogP contribution in [0.5, 0.6) is 5.75 Å². The molecular formula is C31H45F2NO4Si. The van der Waals surface area contributed by atoms with Gasteiger partial charge in [-0.05, 0) is 99.6 Å². The highest BCUT2D eigenvalue weighted by molar-refractivity contribution is 6.74. The molecule has 3 rings (SSSR count). The van der Waals surface area contributed by atoms with E-state index in [-0.39, 0.29) is 34.9 Å². The Labute approximate surface area is 234 Å². The van der Waals surface area contributed by atoms with Crippen molar-refractivity contribution in [3.05, 3.63) is 65.2 Å². The van der Waals surface area contributed by atoms with E-state index in [1.165, 1.54) is 24.3 Å². The van der Waals surface area contributed by atoms with Gasteiger partial charge in [-0.1, -0.05) is 32.9 Å². The maximum Gasteiger partial charge on any atom is 0.410 e. The second-order valence-corrected chi connectivity index (χ2v) is 17.8. The van der Waals surface area contributed by atoms with Crippen LogP contribution in [0.2, 0.25) is 18.1 Å². The van der Waals surface area contributed by atoms with Crippen LogP contribution < -0.4 is 4.74 Å². The van der Waals surface area contributed by atoms with Gasteiger partial charge in [0.05, 0.1) is 12.7 Å². The number of likely N-dealkylation sites (tertiary alicyclic amines) is 1. The van der Waals surface area contributed by atoms with Gasteiger partial charge in [0.2, 0.25) is 0 Å². The van der Waals surface area contributed by atoms with Crippen LogP contribution in [-0.2, 0) is 22.0 Å². The van der Waals surface area contributed by atoms with Crippen LogP contribution in [0, 0.1) is 11.6 Å². The van der Waals surface area contributed by atoms with E-state index >= 15 is 0 Å². The molecule has 2 aromatic carbocycles. The van der Waals surface area contributed by atoms with Crippen molar-refractivity contribution < 1.29 is 27.5 Å². The predicted octanol–water partition coefficient (Wildman–Crippen LogP) is 7.92. The van der Waals surface area contributed by atoms with Gasteiger partial charge in [0.1, 0.15) is 23.0 Å². The first kappa shape index (κ1) is 31.1. The van der Waals surface area contributed by atoms with Crippen molar-refractivity contribution in [1.82, 2.24) is 4.90 Å². The van der Waals surface area contributed by atoms with Crippen molar-refractivity contribution in [2.24, 2.45) is 0 Å². The second kappa shape index (κ2) is 12.4. The largest absolute Gasteiger partial charge is 0.493 e. The lowest BCUT2D eigenvalue weighted by atomic mass is 10.0. The minimum absolute atomic E-state index is 0.0551. The molecule has 1 fully saturated rings. The van der Waals surface area contributed by atoms with Gasteiger partial charge in [-0.15, -0.1) is 0 Å². The maximum atomic E-state index is 14.1. The van der Waals surface area contributed by atoms with Crippen molar-refractivity contribution in [3.8, 4) is 5.75 Å². The summed E-state index contributed by atoms with van der Waals surface area (Å²) in [6.07, 6.45) is 2.13. The van der Waals surface area contributed by atoms with Crippen LogP contribution >= 0.6 is 0 Å². The van der Waals surface area contributed by atoms with Crippen LogP contribution in [0.3, 0.4) is 0 Å². The zero-order valence-corrected chi connectivity index (χ0v) is 25.8. The van der Waals surface area contributed by atoms with Crippen molar-refractivity contribution >= 4 is 14.4 Å². The molecule has 2 atom stereocenters. The Balaban J connectivity index is 1.67. The van der Waals surface area contributed by atoms with E-state index in [0.29, 0.717) is 38.2 Å². The van der Waals surface area contributed by atoms with E-state index in [1.807, 2.05) is 20.8 Å². The first-order valence-electron chi connectivity index (χ1n) is 13.9. The minimum Gasteiger partial charge on any atom is -0.493 e. The average molecular weight is 562 g/mol. The lowest BCUT2D eigenvalue weighted by Crippen LogP contribution is -2.45. The van der Waals surface area contributed by atoms with Gasteiger partial charge in [0.15, 0.2) is 8.32 Å². The Hall–Kier alpha value is -2.45. The molecule has 39 heavy (non-hydrogen) atoms. The van der Waals surface area contributed by atoms with E-state index in [2.05, 4.69) is 33.9 Å². The van der Waals surface area contributed by atoms with Crippen molar-refractivity contribution in [1.29, 1.82) is 0 Å². The molecular weight excluding hydrogens is 516 g/mol. The Kier molecular flexibility index (Phi) is 9.86.